The third kappa shape index (κ3) is 4.79. The Morgan fingerprint density at radius 2 is 2.05 bits per heavy atom. The molecular formula is C13H15F3N2O. The quantitative estimate of drug-likeness (QED) is 0.835. The molecular weight excluding hydrogens is 257 g/mol. The molecule has 0 atom stereocenters. The lowest BCUT2D eigenvalue weighted by atomic mass is 10.1. The van der Waals surface area contributed by atoms with Crippen LogP contribution < -0.4 is 5.32 Å². The molecule has 1 aromatic carbocycles. The summed E-state index contributed by atoms with van der Waals surface area (Å²) in [4.78, 5) is 0. The average molecular weight is 272 g/mol. The summed E-state index contributed by atoms with van der Waals surface area (Å²) in [6, 6.07) is 5.09. The van der Waals surface area contributed by atoms with Crippen LogP contribution in [0.5, 0.6) is 0 Å². The van der Waals surface area contributed by atoms with Crippen molar-refractivity contribution < 1.29 is 17.9 Å². The molecule has 0 heterocycles. The van der Waals surface area contributed by atoms with Crippen LogP contribution in [0.4, 0.5) is 18.9 Å². The summed E-state index contributed by atoms with van der Waals surface area (Å²) in [6.07, 6.45) is -4.45. The molecule has 0 unspecified atom stereocenters. The molecule has 0 aliphatic carbocycles. The van der Waals surface area contributed by atoms with Gasteiger partial charge in [0.15, 0.2) is 0 Å². The molecule has 0 aliphatic heterocycles. The topological polar surface area (TPSA) is 45.0 Å². The highest BCUT2D eigenvalue weighted by Crippen LogP contribution is 2.33. The zero-order chi connectivity index (χ0) is 14.5. The van der Waals surface area contributed by atoms with Crippen LogP contribution in [0.2, 0.25) is 0 Å². The first-order chi connectivity index (χ1) is 8.84. The fourth-order valence-electron chi connectivity index (χ4n) is 1.48. The lowest BCUT2D eigenvalue weighted by molar-refractivity contribution is -0.137. The molecule has 0 saturated carbocycles. The maximum absolute atomic E-state index is 12.7. The smallest absolute Gasteiger partial charge is 0.383 e. The molecule has 19 heavy (non-hydrogen) atoms. The van der Waals surface area contributed by atoms with Gasteiger partial charge in [0.2, 0.25) is 0 Å². The summed E-state index contributed by atoms with van der Waals surface area (Å²) in [6.45, 7) is 4.56. The van der Waals surface area contributed by atoms with Gasteiger partial charge in [0.25, 0.3) is 0 Å². The summed E-state index contributed by atoms with van der Waals surface area (Å²) < 4.78 is 43.4. The van der Waals surface area contributed by atoms with Crippen molar-refractivity contribution in [2.24, 2.45) is 0 Å². The van der Waals surface area contributed by atoms with Crippen LogP contribution in [0.15, 0.2) is 18.2 Å². The Balaban J connectivity index is 2.74. The second kappa shape index (κ2) is 6.43. The van der Waals surface area contributed by atoms with Crippen molar-refractivity contribution >= 4 is 5.69 Å². The van der Waals surface area contributed by atoms with Gasteiger partial charge in [-0.15, -0.1) is 0 Å². The van der Waals surface area contributed by atoms with Crippen LogP contribution in [0.3, 0.4) is 0 Å². The van der Waals surface area contributed by atoms with E-state index in [4.69, 9.17) is 10.00 Å². The number of rotatable bonds is 5. The van der Waals surface area contributed by atoms with Gasteiger partial charge in [-0.25, -0.2) is 0 Å². The molecule has 6 heteroatoms. The molecule has 0 amide bonds. The van der Waals surface area contributed by atoms with E-state index in [1.807, 2.05) is 13.8 Å². The van der Waals surface area contributed by atoms with Gasteiger partial charge < -0.3 is 10.1 Å². The molecule has 1 aromatic rings. The van der Waals surface area contributed by atoms with Gasteiger partial charge in [-0.2, -0.15) is 18.4 Å². The third-order valence-corrected chi connectivity index (χ3v) is 2.33. The number of hydrogen-bond donors (Lipinski definition) is 1. The Hall–Kier alpha value is -1.74. The van der Waals surface area contributed by atoms with Crippen LogP contribution in [0, 0.1) is 11.3 Å². The fourth-order valence-corrected chi connectivity index (χ4v) is 1.48. The summed E-state index contributed by atoms with van der Waals surface area (Å²) in [7, 11) is 0. The van der Waals surface area contributed by atoms with E-state index in [-0.39, 0.29) is 11.7 Å². The number of benzene rings is 1. The average Bonchev–Trinajstić information content (AvgIpc) is 2.33. The molecule has 1 rings (SSSR count). The van der Waals surface area contributed by atoms with E-state index in [9.17, 15) is 13.2 Å². The van der Waals surface area contributed by atoms with Crippen LogP contribution >= 0.6 is 0 Å². The molecule has 1 N–H and O–H groups in total. The number of hydrogen-bond acceptors (Lipinski definition) is 3. The van der Waals surface area contributed by atoms with Crippen molar-refractivity contribution in [3.05, 3.63) is 29.3 Å². The van der Waals surface area contributed by atoms with Crippen LogP contribution in [-0.4, -0.2) is 19.3 Å². The Kier molecular flexibility index (Phi) is 5.19. The SMILES string of the molecule is CC(C)OCCNc1ccc(C#N)c(C(F)(F)F)c1. The number of nitriles is 1. The maximum atomic E-state index is 12.7. The minimum Gasteiger partial charge on any atom is -0.383 e. The number of anilines is 1. The zero-order valence-electron chi connectivity index (χ0n) is 10.7. The van der Waals surface area contributed by atoms with Gasteiger partial charge >= 0.3 is 6.18 Å². The first-order valence-corrected chi connectivity index (χ1v) is 5.81. The Bertz CT molecular complexity index is 464. The van der Waals surface area contributed by atoms with Crippen molar-refractivity contribution in [2.45, 2.75) is 26.1 Å². The van der Waals surface area contributed by atoms with Crippen molar-refractivity contribution in [1.29, 1.82) is 5.26 Å². The highest BCUT2D eigenvalue weighted by Gasteiger charge is 2.33. The summed E-state index contributed by atoms with van der Waals surface area (Å²) in [5, 5.41) is 11.5. The van der Waals surface area contributed by atoms with Gasteiger partial charge in [0, 0.05) is 12.2 Å². The second-order valence-corrected chi connectivity index (χ2v) is 4.22. The van der Waals surface area contributed by atoms with Crippen LogP contribution in [-0.2, 0) is 10.9 Å². The first kappa shape index (κ1) is 15.3. The molecule has 0 aromatic heterocycles. The molecule has 0 radical (unpaired) electrons. The van der Waals surface area contributed by atoms with Crippen molar-refractivity contribution in [1.82, 2.24) is 0 Å². The van der Waals surface area contributed by atoms with Crippen LogP contribution in [0.25, 0.3) is 0 Å². The van der Waals surface area contributed by atoms with Crippen LogP contribution in [0.1, 0.15) is 25.0 Å². The van der Waals surface area contributed by atoms with Gasteiger partial charge in [0.1, 0.15) is 0 Å². The monoisotopic (exact) mass is 272 g/mol. The van der Waals surface area contributed by atoms with E-state index in [1.54, 1.807) is 0 Å². The number of nitrogens with one attached hydrogen (secondary N) is 1. The summed E-state index contributed by atoms with van der Waals surface area (Å²) in [5.41, 5.74) is -0.986. The number of halogens is 3. The largest absolute Gasteiger partial charge is 0.417 e. The number of ether oxygens (including phenoxy) is 1. The lowest BCUT2D eigenvalue weighted by Crippen LogP contribution is -2.14. The standard InChI is InChI=1S/C13H15F3N2O/c1-9(2)19-6-5-18-11-4-3-10(8-17)12(7-11)13(14,15)16/h3-4,7,9,18H,5-6H2,1-2H3. The molecule has 3 nitrogen and oxygen atoms in total. The molecule has 0 spiro atoms. The maximum Gasteiger partial charge on any atom is 0.417 e. The van der Waals surface area contributed by atoms with Crippen molar-refractivity contribution in [3.63, 3.8) is 0 Å². The number of nitrogens with zero attached hydrogens (tertiary/aromatic N) is 1. The van der Waals surface area contributed by atoms with E-state index >= 15 is 0 Å². The van der Waals surface area contributed by atoms with Gasteiger partial charge in [-0.05, 0) is 32.0 Å². The predicted octanol–water partition coefficient (Wildman–Crippen LogP) is 3.41. The highest BCUT2D eigenvalue weighted by molar-refractivity contribution is 5.53. The molecule has 0 saturated heterocycles. The minimum absolute atomic E-state index is 0.0773. The molecule has 0 aliphatic rings. The van der Waals surface area contributed by atoms with E-state index in [0.29, 0.717) is 18.8 Å². The lowest BCUT2D eigenvalue weighted by Gasteiger charge is -2.13. The minimum atomic E-state index is -4.53. The van der Waals surface area contributed by atoms with Crippen molar-refractivity contribution in [3.8, 4) is 6.07 Å². The van der Waals surface area contributed by atoms with E-state index in [0.717, 1.165) is 12.1 Å². The fraction of sp³-hybridized carbons (Fsp3) is 0.462. The zero-order valence-corrected chi connectivity index (χ0v) is 10.7. The van der Waals surface area contributed by atoms with Gasteiger partial charge in [0.05, 0.1) is 29.9 Å². The molecule has 0 bridgehead atoms. The Labute approximate surface area is 110 Å². The highest BCUT2D eigenvalue weighted by atomic mass is 19.4. The second-order valence-electron chi connectivity index (χ2n) is 4.22. The summed E-state index contributed by atoms with van der Waals surface area (Å²) in [5.74, 6) is 0. The first-order valence-electron chi connectivity index (χ1n) is 5.81. The van der Waals surface area contributed by atoms with Gasteiger partial charge in [-0.3, -0.25) is 0 Å². The normalized spacial score (nSPS) is 11.4. The van der Waals surface area contributed by atoms with Crippen molar-refractivity contribution in [2.75, 3.05) is 18.5 Å². The van der Waals surface area contributed by atoms with E-state index < -0.39 is 11.7 Å². The Morgan fingerprint density at radius 3 is 2.58 bits per heavy atom. The third-order valence-electron chi connectivity index (χ3n) is 2.33. The molecule has 104 valence electrons. The number of alkyl halides is 3. The molecule has 0 fully saturated rings. The summed E-state index contributed by atoms with van der Waals surface area (Å²) >= 11 is 0. The van der Waals surface area contributed by atoms with E-state index in [2.05, 4.69) is 5.32 Å². The predicted molar refractivity (Wildman–Crippen MR) is 65.7 cm³/mol. The van der Waals surface area contributed by atoms with E-state index in [1.165, 1.54) is 12.1 Å². The Morgan fingerprint density at radius 1 is 1.37 bits per heavy atom. The van der Waals surface area contributed by atoms with Gasteiger partial charge in [-0.1, -0.05) is 0 Å².